The molecule has 4 aromatic carbocycles. The summed E-state index contributed by atoms with van der Waals surface area (Å²) in [7, 11) is 0. The van der Waals surface area contributed by atoms with Crippen LogP contribution in [0, 0.1) is 0 Å². The maximum atomic E-state index is 12.2. The summed E-state index contributed by atoms with van der Waals surface area (Å²) in [6, 6.07) is 22.4. The van der Waals surface area contributed by atoms with E-state index in [-0.39, 0.29) is 0 Å². The van der Waals surface area contributed by atoms with Crippen molar-refractivity contribution in [2.45, 2.75) is 6.54 Å². The summed E-state index contributed by atoms with van der Waals surface area (Å²) >= 11 is 25.5. The van der Waals surface area contributed by atoms with Crippen LogP contribution in [0.25, 0.3) is 32.9 Å². The van der Waals surface area contributed by atoms with Crippen LogP contribution in [0.15, 0.2) is 72.8 Å². The lowest BCUT2D eigenvalue weighted by atomic mass is 10.0. The topological polar surface area (TPSA) is 48.0 Å². The van der Waals surface area contributed by atoms with E-state index >= 15 is 0 Å². The molecule has 0 saturated carbocycles. The largest absolute Gasteiger partial charge is 0.366 e. The van der Waals surface area contributed by atoms with Crippen molar-refractivity contribution in [3.8, 4) is 11.1 Å². The minimum atomic E-state index is -0.483. The van der Waals surface area contributed by atoms with Crippen molar-refractivity contribution in [3.05, 3.63) is 104 Å². The summed E-state index contributed by atoms with van der Waals surface area (Å²) in [6.07, 6.45) is 0. The third-order valence-electron chi connectivity index (χ3n) is 5.67. The molecule has 3 nitrogen and oxygen atoms in total. The molecule has 1 heterocycles. The van der Waals surface area contributed by atoms with Gasteiger partial charge in [0.25, 0.3) is 0 Å². The van der Waals surface area contributed by atoms with Crippen LogP contribution < -0.4 is 5.73 Å². The third-order valence-corrected chi connectivity index (χ3v) is 6.74. The van der Waals surface area contributed by atoms with Gasteiger partial charge in [0.05, 0.1) is 11.0 Å². The van der Waals surface area contributed by atoms with Crippen LogP contribution in [0.3, 0.4) is 0 Å². The first kappa shape index (κ1) is 22.1. The van der Waals surface area contributed by atoms with E-state index in [1.165, 1.54) is 0 Å². The highest BCUT2D eigenvalue weighted by molar-refractivity contribution is 6.39. The van der Waals surface area contributed by atoms with E-state index in [0.29, 0.717) is 32.2 Å². The molecule has 5 rings (SSSR count). The second kappa shape index (κ2) is 8.58. The number of aromatic nitrogens is 1. The minimum Gasteiger partial charge on any atom is -0.366 e. The lowest BCUT2D eigenvalue weighted by Crippen LogP contribution is -2.11. The van der Waals surface area contributed by atoms with Crippen LogP contribution in [0.5, 0.6) is 0 Å². The van der Waals surface area contributed by atoms with Gasteiger partial charge in [-0.25, -0.2) is 0 Å². The molecule has 0 atom stereocenters. The monoisotopic (exact) mass is 512 g/mol. The van der Waals surface area contributed by atoms with E-state index in [4.69, 9.17) is 52.1 Å². The van der Waals surface area contributed by atoms with E-state index in [1.807, 2.05) is 60.7 Å². The SMILES string of the molecule is NC(=O)c1cccc2c1c1ccc(-c3c(Cl)cccc3Cl)cc1n2Cc1cc(Cl)cc(Cl)c1. The van der Waals surface area contributed by atoms with Gasteiger partial charge >= 0.3 is 0 Å². The van der Waals surface area contributed by atoms with Gasteiger partial charge in [0.1, 0.15) is 0 Å². The molecule has 0 radical (unpaired) electrons. The Labute approximate surface area is 210 Å². The number of nitrogens with two attached hydrogens (primary N) is 1. The molecule has 5 aromatic rings. The molecule has 1 aromatic heterocycles. The minimum absolute atomic E-state index is 0.462. The molecular formula is C26H16Cl4N2O. The van der Waals surface area contributed by atoms with Gasteiger partial charge in [-0.3, -0.25) is 4.79 Å². The number of amides is 1. The van der Waals surface area contributed by atoms with Gasteiger partial charge in [0, 0.05) is 48.5 Å². The van der Waals surface area contributed by atoms with Gasteiger partial charge < -0.3 is 10.3 Å². The van der Waals surface area contributed by atoms with Gasteiger partial charge in [-0.15, -0.1) is 0 Å². The maximum Gasteiger partial charge on any atom is 0.249 e. The predicted octanol–water partition coefficient (Wildman–Crippen LogP) is 8.22. The van der Waals surface area contributed by atoms with Crippen LogP contribution in [0.4, 0.5) is 0 Å². The molecule has 0 aliphatic rings. The number of carbonyl (C=O) groups excluding carboxylic acids is 1. The van der Waals surface area contributed by atoms with Gasteiger partial charge in [-0.05, 0) is 59.7 Å². The summed E-state index contributed by atoms with van der Waals surface area (Å²) in [5.74, 6) is -0.483. The van der Waals surface area contributed by atoms with Gasteiger partial charge in [0.2, 0.25) is 5.91 Å². The van der Waals surface area contributed by atoms with E-state index in [2.05, 4.69) is 4.57 Å². The van der Waals surface area contributed by atoms with Crippen LogP contribution >= 0.6 is 46.4 Å². The molecule has 2 N–H and O–H groups in total. The summed E-state index contributed by atoms with van der Waals surface area (Å²) in [5.41, 5.74) is 10.5. The third kappa shape index (κ3) is 3.96. The lowest BCUT2D eigenvalue weighted by molar-refractivity contribution is 0.100. The number of benzene rings is 4. The number of nitrogens with zero attached hydrogens (tertiary/aromatic N) is 1. The molecular weight excluding hydrogens is 498 g/mol. The van der Waals surface area contributed by atoms with Crippen LogP contribution in [-0.4, -0.2) is 10.5 Å². The average Bonchev–Trinajstić information content (AvgIpc) is 3.06. The van der Waals surface area contributed by atoms with Crippen LogP contribution in [-0.2, 0) is 6.54 Å². The molecule has 0 bridgehead atoms. The van der Waals surface area contributed by atoms with Crippen molar-refractivity contribution in [1.29, 1.82) is 0 Å². The van der Waals surface area contributed by atoms with Gasteiger partial charge in [-0.2, -0.15) is 0 Å². The normalized spacial score (nSPS) is 11.4. The Morgan fingerprint density at radius 1 is 0.788 bits per heavy atom. The zero-order chi connectivity index (χ0) is 23.3. The Morgan fingerprint density at radius 2 is 1.45 bits per heavy atom. The molecule has 0 saturated heterocycles. The van der Waals surface area contributed by atoms with Crippen LogP contribution in [0.2, 0.25) is 20.1 Å². The second-order valence-corrected chi connectivity index (χ2v) is 9.44. The number of carbonyl (C=O) groups is 1. The number of primary amides is 1. The average molecular weight is 514 g/mol. The molecule has 0 fully saturated rings. The summed E-state index contributed by atoms with van der Waals surface area (Å²) in [6.45, 7) is 0.488. The molecule has 0 unspecified atom stereocenters. The number of hydrogen-bond donors (Lipinski definition) is 1. The van der Waals surface area contributed by atoms with E-state index < -0.39 is 5.91 Å². The highest BCUT2D eigenvalue weighted by Crippen LogP contribution is 2.39. The molecule has 1 amide bonds. The summed E-state index contributed by atoms with van der Waals surface area (Å²) in [4.78, 5) is 12.2. The van der Waals surface area contributed by atoms with Crippen molar-refractivity contribution in [3.63, 3.8) is 0 Å². The molecule has 33 heavy (non-hydrogen) atoms. The Kier molecular flexibility index (Phi) is 5.75. The Balaban J connectivity index is 1.83. The summed E-state index contributed by atoms with van der Waals surface area (Å²) in [5, 5.41) is 3.93. The zero-order valence-electron chi connectivity index (χ0n) is 17.1. The van der Waals surface area contributed by atoms with Crippen molar-refractivity contribution in [2.24, 2.45) is 5.73 Å². The Bertz CT molecular complexity index is 1530. The Morgan fingerprint density at radius 3 is 2.12 bits per heavy atom. The first-order chi connectivity index (χ1) is 15.8. The molecule has 0 aliphatic heterocycles. The van der Waals surface area contributed by atoms with Gasteiger partial charge in [0.15, 0.2) is 0 Å². The number of rotatable bonds is 4. The highest BCUT2D eigenvalue weighted by Gasteiger charge is 2.18. The van der Waals surface area contributed by atoms with Crippen molar-refractivity contribution in [1.82, 2.24) is 4.57 Å². The molecule has 0 spiro atoms. The zero-order valence-corrected chi connectivity index (χ0v) is 20.1. The fourth-order valence-electron chi connectivity index (χ4n) is 4.33. The standard InChI is InChI=1S/C26H16Cl4N2O/c27-16-9-14(10-17(28)12-16)13-32-22-6-1-3-19(26(31)33)25(22)18-8-7-15(11-23(18)32)24-20(29)4-2-5-21(24)30/h1-12H,13H2,(H2,31,33). The smallest absolute Gasteiger partial charge is 0.249 e. The highest BCUT2D eigenvalue weighted by atomic mass is 35.5. The molecule has 0 aliphatic carbocycles. The second-order valence-electron chi connectivity index (χ2n) is 7.76. The first-order valence-corrected chi connectivity index (χ1v) is 11.6. The van der Waals surface area contributed by atoms with E-state index in [0.717, 1.165) is 38.5 Å². The van der Waals surface area contributed by atoms with E-state index in [1.54, 1.807) is 12.1 Å². The number of halogens is 4. The summed E-state index contributed by atoms with van der Waals surface area (Å²) < 4.78 is 2.12. The molecule has 7 heteroatoms. The van der Waals surface area contributed by atoms with Gasteiger partial charge in [-0.1, -0.05) is 70.7 Å². The van der Waals surface area contributed by atoms with Crippen molar-refractivity contribution >= 4 is 74.1 Å². The predicted molar refractivity (Wildman–Crippen MR) is 139 cm³/mol. The Hall–Kier alpha value is -2.69. The fraction of sp³-hybridized carbons (Fsp3) is 0.0385. The fourth-order valence-corrected chi connectivity index (χ4v) is 5.52. The van der Waals surface area contributed by atoms with Crippen molar-refractivity contribution in [2.75, 3.05) is 0 Å². The van der Waals surface area contributed by atoms with Crippen molar-refractivity contribution < 1.29 is 4.79 Å². The lowest BCUT2D eigenvalue weighted by Gasteiger charge is -2.11. The van der Waals surface area contributed by atoms with E-state index in [9.17, 15) is 4.79 Å². The number of fused-ring (bicyclic) bond motifs is 3. The quantitative estimate of drug-likeness (QED) is 0.258. The first-order valence-electron chi connectivity index (χ1n) is 10.1. The molecule has 164 valence electrons. The number of hydrogen-bond acceptors (Lipinski definition) is 1. The maximum absolute atomic E-state index is 12.2. The van der Waals surface area contributed by atoms with Crippen LogP contribution in [0.1, 0.15) is 15.9 Å².